The Morgan fingerprint density at radius 1 is 1.25 bits per heavy atom. The van der Waals surface area contributed by atoms with Gasteiger partial charge in [0, 0.05) is 22.7 Å². The van der Waals surface area contributed by atoms with Crippen molar-refractivity contribution in [1.82, 2.24) is 4.90 Å². The summed E-state index contributed by atoms with van der Waals surface area (Å²) >= 11 is 8.01. The van der Waals surface area contributed by atoms with Crippen LogP contribution in [0.5, 0.6) is 0 Å². The molecule has 0 bridgehead atoms. The number of aliphatic hydroxyl groups is 1. The molecule has 3 atom stereocenters. The Labute approximate surface area is 216 Å². The van der Waals surface area contributed by atoms with Crippen LogP contribution in [0.3, 0.4) is 0 Å². The first kappa shape index (κ1) is 24.8. The van der Waals surface area contributed by atoms with Crippen molar-refractivity contribution in [2.75, 3.05) is 13.2 Å². The molecule has 5 rings (SSSR count). The molecule has 0 aliphatic carbocycles. The van der Waals surface area contributed by atoms with Crippen molar-refractivity contribution in [2.45, 2.75) is 31.2 Å². The lowest BCUT2D eigenvalue weighted by atomic mass is 9.87. The Morgan fingerprint density at radius 3 is 2.78 bits per heavy atom. The highest BCUT2D eigenvalue weighted by Gasteiger charge is 2.46. The van der Waals surface area contributed by atoms with Crippen molar-refractivity contribution in [1.29, 1.82) is 0 Å². The molecule has 0 radical (unpaired) electrons. The molecule has 36 heavy (non-hydrogen) atoms. The summed E-state index contributed by atoms with van der Waals surface area (Å²) in [7, 11) is 0. The summed E-state index contributed by atoms with van der Waals surface area (Å²) in [6.07, 6.45) is 1.64. The Balaban J connectivity index is 1.77. The number of benzene rings is 2. The Morgan fingerprint density at radius 2 is 2.08 bits per heavy atom. The number of rotatable bonds is 6. The van der Waals surface area contributed by atoms with Gasteiger partial charge in [-0.15, -0.1) is 11.3 Å². The first-order chi connectivity index (χ1) is 17.3. The van der Waals surface area contributed by atoms with Crippen LogP contribution in [-0.4, -0.2) is 34.7 Å². The first-order valence-corrected chi connectivity index (χ1v) is 12.8. The van der Waals surface area contributed by atoms with Crippen LogP contribution in [0.25, 0.3) is 5.57 Å². The van der Waals surface area contributed by atoms with E-state index < -0.39 is 23.7 Å². The minimum Gasteiger partial charge on any atom is -0.392 e. The third kappa shape index (κ3) is 4.63. The molecule has 2 aliphatic rings. The summed E-state index contributed by atoms with van der Waals surface area (Å²) in [5, 5.41) is 11.4. The number of amidine groups is 1. The standard InChI is InChI=1S/C28H24ClF3N2OS/c1-17(30)18-5-2-6-19(13-18)25-23-15-28(32,10-4-11-35)16-34(23)27(24-7-3-12-36-24)33-26(25)21-9-8-20(31)14-22(21)29/h2-10,12-14,17,26,35H,11,15-16H2,1H3/b10-4+/t17?,26-,28-/m0/s1. The largest absolute Gasteiger partial charge is 0.392 e. The molecule has 1 fully saturated rings. The lowest BCUT2D eigenvalue weighted by Gasteiger charge is -2.33. The maximum atomic E-state index is 16.1. The second-order valence-electron chi connectivity index (χ2n) is 8.98. The molecule has 0 saturated carbocycles. The van der Waals surface area contributed by atoms with Gasteiger partial charge in [-0.3, -0.25) is 4.99 Å². The maximum absolute atomic E-state index is 16.1. The minimum absolute atomic E-state index is 0.0160. The monoisotopic (exact) mass is 528 g/mol. The molecule has 2 aliphatic heterocycles. The zero-order valence-corrected chi connectivity index (χ0v) is 21.0. The van der Waals surface area contributed by atoms with E-state index >= 15 is 4.39 Å². The van der Waals surface area contributed by atoms with Crippen LogP contribution in [0.2, 0.25) is 5.02 Å². The second-order valence-corrected chi connectivity index (χ2v) is 10.3. The number of hydrogen-bond acceptors (Lipinski definition) is 4. The molecule has 1 N–H and O–H groups in total. The molecule has 0 spiro atoms. The fourth-order valence-electron chi connectivity index (χ4n) is 4.85. The SMILES string of the molecule is CC(F)c1cccc(C2=C3C[C@@](F)(/C=C/CO)CN3C(c3cccs3)=N[C@H]2c2ccc(F)cc2Cl)c1. The van der Waals surface area contributed by atoms with E-state index in [0.717, 1.165) is 4.88 Å². The maximum Gasteiger partial charge on any atom is 0.152 e. The molecule has 8 heteroatoms. The molecule has 1 unspecified atom stereocenters. The molecule has 2 aromatic carbocycles. The highest BCUT2D eigenvalue weighted by molar-refractivity contribution is 7.12. The quantitative estimate of drug-likeness (QED) is 0.337. The lowest BCUT2D eigenvalue weighted by Crippen LogP contribution is -2.35. The molecule has 0 amide bonds. The zero-order chi connectivity index (χ0) is 25.4. The summed E-state index contributed by atoms with van der Waals surface area (Å²) in [6, 6.07) is 14.4. The fourth-order valence-corrected chi connectivity index (χ4v) is 5.85. The lowest BCUT2D eigenvalue weighted by molar-refractivity contribution is 0.242. The number of aliphatic hydroxyl groups excluding tert-OH is 1. The Kier molecular flexibility index (Phi) is 6.81. The summed E-state index contributed by atoms with van der Waals surface area (Å²) in [4.78, 5) is 7.78. The van der Waals surface area contributed by atoms with Gasteiger partial charge < -0.3 is 10.0 Å². The highest BCUT2D eigenvalue weighted by atomic mass is 35.5. The van der Waals surface area contributed by atoms with E-state index in [1.54, 1.807) is 24.3 Å². The predicted octanol–water partition coefficient (Wildman–Crippen LogP) is 7.45. The smallest absolute Gasteiger partial charge is 0.152 e. The van der Waals surface area contributed by atoms with Gasteiger partial charge in [0.25, 0.3) is 0 Å². The van der Waals surface area contributed by atoms with E-state index in [4.69, 9.17) is 16.6 Å². The van der Waals surface area contributed by atoms with Gasteiger partial charge >= 0.3 is 0 Å². The van der Waals surface area contributed by atoms with E-state index in [-0.39, 0.29) is 24.6 Å². The molecule has 1 aromatic heterocycles. The molecular formula is C28H24ClF3N2OS. The zero-order valence-electron chi connectivity index (χ0n) is 19.5. The van der Waals surface area contributed by atoms with Crippen molar-refractivity contribution in [3.05, 3.63) is 110 Å². The average Bonchev–Trinajstić information content (AvgIpc) is 3.50. The topological polar surface area (TPSA) is 35.8 Å². The normalized spacial score (nSPS) is 22.8. The number of nitrogens with zero attached hydrogens (tertiary/aromatic N) is 2. The number of thiophene rings is 1. The van der Waals surface area contributed by atoms with Crippen LogP contribution < -0.4 is 0 Å². The Bertz CT molecular complexity index is 1370. The number of aliphatic imine (C=N–C) groups is 1. The van der Waals surface area contributed by atoms with Crippen LogP contribution in [0.4, 0.5) is 13.2 Å². The van der Waals surface area contributed by atoms with Gasteiger partial charge in [0.15, 0.2) is 5.67 Å². The highest BCUT2D eigenvalue weighted by Crippen LogP contribution is 2.49. The molecule has 3 heterocycles. The molecular weight excluding hydrogens is 505 g/mol. The van der Waals surface area contributed by atoms with Crippen molar-refractivity contribution in [3.63, 3.8) is 0 Å². The van der Waals surface area contributed by atoms with Gasteiger partial charge in [0.05, 0.1) is 18.0 Å². The van der Waals surface area contributed by atoms with Crippen LogP contribution in [0.1, 0.15) is 47.1 Å². The van der Waals surface area contributed by atoms with E-state index in [9.17, 15) is 13.9 Å². The van der Waals surface area contributed by atoms with Crippen LogP contribution in [-0.2, 0) is 0 Å². The number of halogens is 4. The van der Waals surface area contributed by atoms with Crippen LogP contribution >= 0.6 is 22.9 Å². The van der Waals surface area contributed by atoms with E-state index in [1.165, 1.54) is 42.5 Å². The summed E-state index contributed by atoms with van der Waals surface area (Å²) in [6.45, 7) is 1.21. The molecule has 1 saturated heterocycles. The van der Waals surface area contributed by atoms with Crippen molar-refractivity contribution >= 4 is 34.3 Å². The fraction of sp³-hybridized carbons (Fsp3) is 0.250. The predicted molar refractivity (Wildman–Crippen MR) is 139 cm³/mol. The van der Waals surface area contributed by atoms with Crippen molar-refractivity contribution < 1.29 is 18.3 Å². The number of fused-ring (bicyclic) bond motifs is 1. The summed E-state index contributed by atoms with van der Waals surface area (Å²) < 4.78 is 44.3. The third-order valence-corrected chi connectivity index (χ3v) is 7.67. The second kappa shape index (κ2) is 9.88. The van der Waals surface area contributed by atoms with Gasteiger partial charge in [-0.25, -0.2) is 13.2 Å². The van der Waals surface area contributed by atoms with Crippen molar-refractivity contribution in [3.8, 4) is 0 Å². The van der Waals surface area contributed by atoms with E-state index in [2.05, 4.69) is 0 Å². The first-order valence-electron chi connectivity index (χ1n) is 11.6. The molecule has 3 nitrogen and oxygen atoms in total. The third-order valence-electron chi connectivity index (χ3n) is 6.48. The van der Waals surface area contributed by atoms with Crippen molar-refractivity contribution in [2.24, 2.45) is 4.99 Å². The van der Waals surface area contributed by atoms with Gasteiger partial charge in [0.1, 0.15) is 23.9 Å². The van der Waals surface area contributed by atoms with Gasteiger partial charge in [-0.1, -0.05) is 48.0 Å². The number of allylic oxidation sites excluding steroid dienone is 1. The van der Waals surface area contributed by atoms with Gasteiger partial charge in [0.2, 0.25) is 0 Å². The van der Waals surface area contributed by atoms with E-state index in [0.29, 0.717) is 33.8 Å². The summed E-state index contributed by atoms with van der Waals surface area (Å²) in [5.41, 5.74) is 1.43. The Hall–Kier alpha value is -2.87. The molecule has 186 valence electrons. The van der Waals surface area contributed by atoms with Gasteiger partial charge in [-0.2, -0.15) is 0 Å². The molecule has 3 aromatic rings. The number of hydrogen-bond donors (Lipinski definition) is 1. The van der Waals surface area contributed by atoms with E-state index in [1.807, 2.05) is 28.5 Å². The minimum atomic E-state index is -1.74. The summed E-state index contributed by atoms with van der Waals surface area (Å²) in [5.74, 6) is 0.130. The van der Waals surface area contributed by atoms with Gasteiger partial charge in [-0.05, 0) is 59.3 Å². The average molecular weight is 529 g/mol. The number of alkyl halides is 2. The van der Waals surface area contributed by atoms with Crippen LogP contribution in [0, 0.1) is 5.82 Å². The van der Waals surface area contributed by atoms with Crippen LogP contribution in [0.15, 0.2) is 82.8 Å².